The lowest BCUT2D eigenvalue weighted by Gasteiger charge is -2.09. The van der Waals surface area contributed by atoms with Gasteiger partial charge in [0.1, 0.15) is 11.6 Å². The molecule has 0 spiro atoms. The van der Waals surface area contributed by atoms with E-state index in [0.29, 0.717) is 23.5 Å². The lowest BCUT2D eigenvalue weighted by Crippen LogP contribution is -2.11. The third-order valence-electron chi connectivity index (χ3n) is 3.09. The number of rotatable bonds is 4. The van der Waals surface area contributed by atoms with Crippen LogP contribution in [0.15, 0.2) is 24.3 Å². The van der Waals surface area contributed by atoms with Gasteiger partial charge < -0.3 is 16.2 Å². The van der Waals surface area contributed by atoms with Crippen molar-refractivity contribution < 1.29 is 14.3 Å². The highest BCUT2D eigenvalue weighted by atomic mass is 16.5. The first-order chi connectivity index (χ1) is 9.99. The Kier molecular flexibility index (Phi) is 3.93. The van der Waals surface area contributed by atoms with Crippen LogP contribution in [0.5, 0.6) is 0 Å². The molecule has 0 aliphatic heterocycles. The van der Waals surface area contributed by atoms with Crippen molar-refractivity contribution in [1.82, 2.24) is 9.55 Å². The molecule has 0 unspecified atom stereocenters. The average Bonchev–Trinajstić information content (AvgIpc) is 2.83. The van der Waals surface area contributed by atoms with Crippen molar-refractivity contribution in [3.63, 3.8) is 0 Å². The molecule has 1 heterocycles. The summed E-state index contributed by atoms with van der Waals surface area (Å²) in [7, 11) is 1.27. The summed E-state index contributed by atoms with van der Waals surface area (Å²) in [6.45, 7) is 1.90. The lowest BCUT2D eigenvalue weighted by molar-refractivity contribution is 0.0595. The molecule has 0 aliphatic rings. The second-order valence-corrected chi connectivity index (χ2v) is 4.35. The fourth-order valence-electron chi connectivity index (χ4n) is 2.03. The molecule has 4 N–H and O–H groups in total. The number of primary amides is 1. The molecule has 21 heavy (non-hydrogen) atoms. The van der Waals surface area contributed by atoms with Crippen LogP contribution in [0.25, 0.3) is 5.69 Å². The van der Waals surface area contributed by atoms with Gasteiger partial charge in [0.25, 0.3) is 0 Å². The molecular formula is C14H16N4O3. The number of aromatic nitrogens is 2. The Morgan fingerprint density at radius 1 is 1.29 bits per heavy atom. The first kappa shape index (κ1) is 14.6. The number of amides is 1. The van der Waals surface area contributed by atoms with Crippen molar-refractivity contribution in [1.29, 1.82) is 0 Å². The molecule has 110 valence electrons. The van der Waals surface area contributed by atoms with Crippen LogP contribution in [0, 0.1) is 0 Å². The third kappa shape index (κ3) is 2.58. The van der Waals surface area contributed by atoms with Gasteiger partial charge in [0.15, 0.2) is 5.69 Å². The molecule has 1 aromatic heterocycles. The Balaban J connectivity index is 2.54. The van der Waals surface area contributed by atoms with Crippen LogP contribution >= 0.6 is 0 Å². The number of carbonyl (C=O) groups is 2. The van der Waals surface area contributed by atoms with E-state index in [-0.39, 0.29) is 11.5 Å². The second kappa shape index (κ2) is 5.66. The minimum Gasteiger partial charge on any atom is -0.464 e. The first-order valence-electron chi connectivity index (χ1n) is 6.35. The van der Waals surface area contributed by atoms with E-state index < -0.39 is 11.9 Å². The van der Waals surface area contributed by atoms with Gasteiger partial charge in [-0.05, 0) is 24.3 Å². The summed E-state index contributed by atoms with van der Waals surface area (Å²) in [4.78, 5) is 26.9. The van der Waals surface area contributed by atoms with Gasteiger partial charge in [-0.15, -0.1) is 0 Å². The summed E-state index contributed by atoms with van der Waals surface area (Å²) < 4.78 is 6.31. The summed E-state index contributed by atoms with van der Waals surface area (Å²) in [6.07, 6.45) is 0.582. The van der Waals surface area contributed by atoms with E-state index in [1.165, 1.54) is 7.11 Å². The fraction of sp³-hybridized carbons (Fsp3) is 0.214. The maximum absolute atomic E-state index is 11.7. The van der Waals surface area contributed by atoms with Crippen LogP contribution < -0.4 is 11.5 Å². The number of ether oxygens (including phenoxy) is 1. The molecule has 0 bridgehead atoms. The maximum atomic E-state index is 11.7. The van der Waals surface area contributed by atoms with Crippen LogP contribution in [0.1, 0.15) is 33.6 Å². The van der Waals surface area contributed by atoms with Crippen molar-refractivity contribution in [2.75, 3.05) is 12.8 Å². The normalized spacial score (nSPS) is 10.4. The van der Waals surface area contributed by atoms with Crippen molar-refractivity contribution in [3.05, 3.63) is 41.3 Å². The number of carbonyl (C=O) groups excluding carboxylic acids is 2. The number of hydrogen-bond acceptors (Lipinski definition) is 5. The Bertz CT molecular complexity index is 689. The van der Waals surface area contributed by atoms with Crippen molar-refractivity contribution in [3.8, 4) is 5.69 Å². The fourth-order valence-corrected chi connectivity index (χ4v) is 2.03. The molecule has 0 fully saturated rings. The van der Waals surface area contributed by atoms with Crippen LogP contribution in [0.3, 0.4) is 0 Å². The number of methoxy groups -OCH3 is 1. The van der Waals surface area contributed by atoms with E-state index in [0.717, 1.165) is 0 Å². The van der Waals surface area contributed by atoms with Gasteiger partial charge in [-0.2, -0.15) is 0 Å². The Morgan fingerprint density at radius 2 is 1.90 bits per heavy atom. The molecule has 2 rings (SSSR count). The monoisotopic (exact) mass is 288 g/mol. The summed E-state index contributed by atoms with van der Waals surface area (Å²) in [6, 6.07) is 6.57. The van der Waals surface area contributed by atoms with Gasteiger partial charge in [-0.1, -0.05) is 6.92 Å². The number of hydrogen-bond donors (Lipinski definition) is 2. The highest BCUT2D eigenvalue weighted by Crippen LogP contribution is 2.22. The summed E-state index contributed by atoms with van der Waals surface area (Å²) >= 11 is 0. The Morgan fingerprint density at radius 3 is 2.38 bits per heavy atom. The predicted octanol–water partition coefficient (Wildman–Crippen LogP) is 0.902. The van der Waals surface area contributed by atoms with Gasteiger partial charge >= 0.3 is 5.97 Å². The number of aryl methyl sites for hydroxylation is 1. The molecule has 0 saturated carbocycles. The molecule has 0 aliphatic carbocycles. The molecule has 7 heteroatoms. The van der Waals surface area contributed by atoms with E-state index in [4.69, 9.17) is 11.5 Å². The molecule has 2 aromatic rings. The van der Waals surface area contributed by atoms with Gasteiger partial charge in [0.2, 0.25) is 5.91 Å². The zero-order valence-electron chi connectivity index (χ0n) is 11.8. The summed E-state index contributed by atoms with van der Waals surface area (Å²) in [5, 5.41) is 0. The minimum absolute atomic E-state index is 0.0772. The quantitative estimate of drug-likeness (QED) is 0.811. The molecule has 7 nitrogen and oxygen atoms in total. The Labute approximate surface area is 121 Å². The van der Waals surface area contributed by atoms with Crippen molar-refractivity contribution in [2.45, 2.75) is 13.3 Å². The minimum atomic E-state index is -0.588. The van der Waals surface area contributed by atoms with E-state index in [1.54, 1.807) is 28.8 Å². The molecule has 0 radical (unpaired) electrons. The van der Waals surface area contributed by atoms with Crippen molar-refractivity contribution in [2.24, 2.45) is 5.73 Å². The highest BCUT2D eigenvalue weighted by molar-refractivity contribution is 5.93. The van der Waals surface area contributed by atoms with Crippen LogP contribution in [0.4, 0.5) is 5.82 Å². The topological polar surface area (TPSA) is 113 Å². The zero-order chi connectivity index (χ0) is 15.6. The maximum Gasteiger partial charge on any atom is 0.360 e. The second-order valence-electron chi connectivity index (χ2n) is 4.35. The van der Waals surface area contributed by atoms with Crippen molar-refractivity contribution >= 4 is 17.7 Å². The SMILES string of the molecule is CCc1nc(C(=O)OC)c(N)n1-c1ccc(C(N)=O)cc1. The molecule has 0 saturated heterocycles. The van der Waals surface area contributed by atoms with E-state index in [9.17, 15) is 9.59 Å². The molecule has 1 aromatic carbocycles. The van der Waals surface area contributed by atoms with Crippen LogP contribution in [-0.2, 0) is 11.2 Å². The standard InChI is InChI=1S/C14H16N4O3/c1-3-10-17-11(14(20)21-2)12(15)18(10)9-6-4-8(5-7-9)13(16)19/h4-7H,3,15H2,1-2H3,(H2,16,19). The number of benzene rings is 1. The first-order valence-corrected chi connectivity index (χ1v) is 6.35. The lowest BCUT2D eigenvalue weighted by atomic mass is 10.2. The van der Waals surface area contributed by atoms with Crippen LogP contribution in [0.2, 0.25) is 0 Å². The summed E-state index contributed by atoms with van der Waals surface area (Å²) in [5.41, 5.74) is 12.4. The van der Waals surface area contributed by atoms with Gasteiger partial charge in [0, 0.05) is 17.7 Å². The van der Waals surface area contributed by atoms with E-state index >= 15 is 0 Å². The molecule has 1 amide bonds. The van der Waals surface area contributed by atoms with E-state index in [2.05, 4.69) is 9.72 Å². The number of esters is 1. The Hall–Kier alpha value is -2.83. The summed E-state index contributed by atoms with van der Waals surface area (Å²) in [5.74, 6) is -0.272. The molecular weight excluding hydrogens is 272 g/mol. The highest BCUT2D eigenvalue weighted by Gasteiger charge is 2.21. The smallest absolute Gasteiger partial charge is 0.360 e. The van der Waals surface area contributed by atoms with Gasteiger partial charge in [-0.25, -0.2) is 9.78 Å². The number of nitrogens with two attached hydrogens (primary N) is 2. The average molecular weight is 288 g/mol. The molecule has 0 atom stereocenters. The zero-order valence-corrected chi connectivity index (χ0v) is 11.8. The van der Waals surface area contributed by atoms with Gasteiger partial charge in [-0.3, -0.25) is 9.36 Å². The van der Waals surface area contributed by atoms with Crippen LogP contribution in [-0.4, -0.2) is 28.5 Å². The van der Waals surface area contributed by atoms with Gasteiger partial charge in [0.05, 0.1) is 7.11 Å². The predicted molar refractivity (Wildman–Crippen MR) is 77.2 cm³/mol. The number of nitrogens with zero attached hydrogens (tertiary/aromatic N) is 2. The number of anilines is 1. The largest absolute Gasteiger partial charge is 0.464 e. The third-order valence-corrected chi connectivity index (χ3v) is 3.09. The van der Waals surface area contributed by atoms with E-state index in [1.807, 2.05) is 6.92 Å². The number of imidazole rings is 1. The number of nitrogen functional groups attached to an aromatic ring is 1.